The lowest BCUT2D eigenvalue weighted by Gasteiger charge is -2.14. The van der Waals surface area contributed by atoms with Gasteiger partial charge >= 0.3 is 0 Å². The molecule has 0 amide bonds. The highest BCUT2D eigenvalue weighted by Crippen LogP contribution is 2.11. The topological polar surface area (TPSA) is 91.8 Å². The number of hydrogen-bond acceptors (Lipinski definition) is 4. The van der Waals surface area contributed by atoms with E-state index in [0.717, 1.165) is 5.56 Å². The highest BCUT2D eigenvalue weighted by atomic mass is 32.2. The van der Waals surface area contributed by atoms with Crippen molar-refractivity contribution in [2.75, 3.05) is 27.3 Å². The van der Waals surface area contributed by atoms with Gasteiger partial charge in [0.1, 0.15) is 0 Å². The largest absolute Gasteiger partial charge is 0.383 e. The quantitative estimate of drug-likeness (QED) is 0.337. The molecule has 0 aliphatic rings. The third-order valence-corrected chi connectivity index (χ3v) is 5.66. The first-order valence-corrected chi connectivity index (χ1v) is 10.5. The number of benzene rings is 2. The van der Waals surface area contributed by atoms with Crippen LogP contribution in [0.15, 0.2) is 58.4 Å². The standard InChI is InChI=1S/C20H28N4O3S/c1-16-7-4-5-9-18(16)15-23-20(21-2)22-14-17-8-6-10-19(13-17)28(25,26)24-11-12-27-3/h4-10,13,24H,11-12,14-15H2,1-3H3,(H2,21,22,23). The molecule has 7 nitrogen and oxygen atoms in total. The van der Waals surface area contributed by atoms with Gasteiger partial charge in [-0.25, -0.2) is 13.1 Å². The lowest BCUT2D eigenvalue weighted by Crippen LogP contribution is -2.36. The van der Waals surface area contributed by atoms with E-state index in [1.165, 1.54) is 18.2 Å². The Morgan fingerprint density at radius 2 is 1.82 bits per heavy atom. The number of rotatable bonds is 9. The monoisotopic (exact) mass is 404 g/mol. The van der Waals surface area contributed by atoms with Crippen LogP contribution in [0.5, 0.6) is 0 Å². The van der Waals surface area contributed by atoms with Crippen molar-refractivity contribution in [3.05, 3.63) is 65.2 Å². The molecule has 0 aromatic heterocycles. The Balaban J connectivity index is 1.95. The van der Waals surface area contributed by atoms with Gasteiger partial charge in [0.05, 0.1) is 11.5 Å². The average Bonchev–Trinajstić information content (AvgIpc) is 2.69. The molecule has 0 heterocycles. The van der Waals surface area contributed by atoms with Crippen molar-refractivity contribution >= 4 is 16.0 Å². The van der Waals surface area contributed by atoms with Gasteiger partial charge in [-0.2, -0.15) is 0 Å². The molecule has 2 aromatic carbocycles. The maximum Gasteiger partial charge on any atom is 0.240 e. The SMILES string of the molecule is CN=C(NCc1cccc(S(=O)(=O)NCCOC)c1)NCc1ccccc1C. The predicted molar refractivity (Wildman–Crippen MR) is 112 cm³/mol. The molecule has 0 atom stereocenters. The zero-order valence-corrected chi connectivity index (χ0v) is 17.3. The van der Waals surface area contributed by atoms with Crippen molar-refractivity contribution in [3.63, 3.8) is 0 Å². The van der Waals surface area contributed by atoms with Gasteiger partial charge in [0.25, 0.3) is 0 Å². The molecule has 2 rings (SSSR count). The first kappa shape index (κ1) is 21.9. The second-order valence-corrected chi connectivity index (χ2v) is 8.01. The fourth-order valence-corrected chi connectivity index (χ4v) is 3.66. The van der Waals surface area contributed by atoms with Gasteiger partial charge in [0, 0.05) is 33.8 Å². The summed E-state index contributed by atoms with van der Waals surface area (Å²) < 4.78 is 32.0. The van der Waals surface area contributed by atoms with Gasteiger partial charge in [-0.1, -0.05) is 36.4 Å². The normalized spacial score (nSPS) is 12.0. The molecule has 0 saturated carbocycles. The minimum atomic E-state index is -3.55. The second-order valence-electron chi connectivity index (χ2n) is 6.24. The number of nitrogens with one attached hydrogen (secondary N) is 3. The van der Waals surface area contributed by atoms with Crippen LogP contribution in [-0.2, 0) is 27.8 Å². The fraction of sp³-hybridized carbons (Fsp3) is 0.350. The molecule has 0 aliphatic heterocycles. The number of ether oxygens (including phenoxy) is 1. The van der Waals surface area contributed by atoms with E-state index < -0.39 is 10.0 Å². The van der Waals surface area contributed by atoms with E-state index in [2.05, 4.69) is 39.4 Å². The van der Waals surface area contributed by atoms with E-state index in [4.69, 9.17) is 4.74 Å². The maximum absolute atomic E-state index is 12.3. The number of methoxy groups -OCH3 is 1. The molecule has 0 radical (unpaired) electrons. The number of nitrogens with zero attached hydrogens (tertiary/aromatic N) is 1. The van der Waals surface area contributed by atoms with Crippen LogP contribution >= 0.6 is 0 Å². The van der Waals surface area contributed by atoms with Crippen molar-refractivity contribution in [1.29, 1.82) is 0 Å². The van der Waals surface area contributed by atoms with Crippen LogP contribution in [0.25, 0.3) is 0 Å². The van der Waals surface area contributed by atoms with Crippen LogP contribution in [0.1, 0.15) is 16.7 Å². The molecule has 0 aliphatic carbocycles. The molecule has 0 bridgehead atoms. The van der Waals surface area contributed by atoms with Gasteiger partial charge in [-0.3, -0.25) is 4.99 Å². The first-order valence-electron chi connectivity index (χ1n) is 9.03. The van der Waals surface area contributed by atoms with Crippen LogP contribution in [-0.4, -0.2) is 41.7 Å². The fourth-order valence-electron chi connectivity index (χ4n) is 2.58. The summed E-state index contributed by atoms with van der Waals surface area (Å²) in [5, 5.41) is 6.48. The summed E-state index contributed by atoms with van der Waals surface area (Å²) in [5.41, 5.74) is 3.25. The molecule has 0 unspecified atom stereocenters. The van der Waals surface area contributed by atoms with Crippen molar-refractivity contribution in [2.45, 2.75) is 24.9 Å². The highest BCUT2D eigenvalue weighted by Gasteiger charge is 2.13. The summed E-state index contributed by atoms with van der Waals surface area (Å²) in [4.78, 5) is 4.45. The minimum absolute atomic E-state index is 0.228. The van der Waals surface area contributed by atoms with Crippen molar-refractivity contribution in [3.8, 4) is 0 Å². The number of aryl methyl sites for hydroxylation is 1. The van der Waals surface area contributed by atoms with Crippen molar-refractivity contribution in [1.82, 2.24) is 15.4 Å². The Hall–Kier alpha value is -2.42. The highest BCUT2D eigenvalue weighted by molar-refractivity contribution is 7.89. The Bertz CT molecular complexity index is 898. The number of hydrogen-bond donors (Lipinski definition) is 3. The molecule has 0 fully saturated rings. The average molecular weight is 405 g/mol. The number of aliphatic imine (C=N–C) groups is 1. The van der Waals surface area contributed by atoms with Gasteiger partial charge in [-0.05, 0) is 35.7 Å². The van der Waals surface area contributed by atoms with Crippen LogP contribution in [0.3, 0.4) is 0 Å². The van der Waals surface area contributed by atoms with Gasteiger partial charge in [-0.15, -0.1) is 0 Å². The van der Waals surface area contributed by atoms with Crippen molar-refractivity contribution in [2.24, 2.45) is 4.99 Å². The van der Waals surface area contributed by atoms with Crippen LogP contribution in [0.2, 0.25) is 0 Å². The Kier molecular flexibility index (Phi) is 8.43. The van der Waals surface area contributed by atoms with Gasteiger partial charge in [0.15, 0.2) is 5.96 Å². The number of guanidine groups is 1. The van der Waals surface area contributed by atoms with E-state index >= 15 is 0 Å². The molecular formula is C20H28N4O3S. The summed E-state index contributed by atoms with van der Waals surface area (Å²) in [7, 11) is -0.323. The molecule has 28 heavy (non-hydrogen) atoms. The zero-order valence-electron chi connectivity index (χ0n) is 16.5. The molecule has 2 aromatic rings. The Morgan fingerprint density at radius 1 is 1.07 bits per heavy atom. The minimum Gasteiger partial charge on any atom is -0.383 e. The summed E-state index contributed by atoms with van der Waals surface area (Å²) >= 11 is 0. The molecule has 3 N–H and O–H groups in total. The molecular weight excluding hydrogens is 376 g/mol. The Morgan fingerprint density at radius 3 is 2.54 bits per heavy atom. The van der Waals surface area contributed by atoms with Crippen LogP contribution in [0, 0.1) is 6.92 Å². The summed E-state index contributed by atoms with van der Waals surface area (Å²) in [6.07, 6.45) is 0. The summed E-state index contributed by atoms with van der Waals surface area (Å²) in [6.45, 7) is 3.74. The van der Waals surface area contributed by atoms with Crippen molar-refractivity contribution < 1.29 is 13.2 Å². The summed E-state index contributed by atoms with van der Waals surface area (Å²) in [5.74, 6) is 0.648. The first-order chi connectivity index (χ1) is 13.5. The zero-order chi connectivity index (χ0) is 20.4. The van der Waals surface area contributed by atoms with Gasteiger partial charge < -0.3 is 15.4 Å². The smallest absolute Gasteiger partial charge is 0.240 e. The lowest BCUT2D eigenvalue weighted by molar-refractivity contribution is 0.204. The molecule has 152 valence electrons. The van der Waals surface area contributed by atoms with E-state index in [9.17, 15) is 8.42 Å². The maximum atomic E-state index is 12.3. The van der Waals surface area contributed by atoms with Gasteiger partial charge in [0.2, 0.25) is 10.0 Å². The van der Waals surface area contributed by atoms with E-state index in [-0.39, 0.29) is 11.4 Å². The third kappa shape index (κ3) is 6.63. The Labute approximate surface area is 167 Å². The molecule has 8 heteroatoms. The van der Waals surface area contributed by atoms with E-state index in [0.29, 0.717) is 25.7 Å². The lowest BCUT2D eigenvalue weighted by atomic mass is 10.1. The third-order valence-electron chi connectivity index (χ3n) is 4.20. The van der Waals surface area contributed by atoms with E-state index in [1.54, 1.807) is 25.2 Å². The number of sulfonamides is 1. The van der Waals surface area contributed by atoms with Crippen LogP contribution < -0.4 is 15.4 Å². The van der Waals surface area contributed by atoms with E-state index in [1.807, 2.05) is 18.2 Å². The van der Waals surface area contributed by atoms with Crippen LogP contribution in [0.4, 0.5) is 0 Å². The second kappa shape index (κ2) is 10.8. The molecule has 0 saturated heterocycles. The predicted octanol–water partition coefficient (Wildman–Crippen LogP) is 1.78. The molecule has 0 spiro atoms. The summed E-state index contributed by atoms with van der Waals surface area (Å²) in [6, 6.07) is 15.0.